The minimum absolute atomic E-state index is 0.0899. The van der Waals surface area contributed by atoms with Gasteiger partial charge in [0.1, 0.15) is 0 Å². The Hall–Kier alpha value is -1.73. The number of aromatic amines is 1. The average Bonchev–Trinajstić information content (AvgIpc) is 2.95. The van der Waals surface area contributed by atoms with E-state index in [0.717, 1.165) is 16.2 Å². The van der Waals surface area contributed by atoms with Gasteiger partial charge in [-0.15, -0.1) is 0 Å². The second-order valence-electron chi connectivity index (χ2n) is 4.26. The van der Waals surface area contributed by atoms with E-state index in [9.17, 15) is 9.59 Å². The van der Waals surface area contributed by atoms with Crippen molar-refractivity contribution >= 4 is 46.3 Å². The number of imide groups is 1. The van der Waals surface area contributed by atoms with Gasteiger partial charge in [-0.05, 0) is 18.2 Å². The number of nitrogens with one attached hydrogen (secondary N) is 2. The summed E-state index contributed by atoms with van der Waals surface area (Å²) in [6.07, 6.45) is 0. The molecule has 0 saturated carbocycles. The molecule has 0 aliphatic carbocycles. The monoisotopic (exact) mass is 310 g/mol. The van der Waals surface area contributed by atoms with Gasteiger partial charge in [0.25, 0.3) is 0 Å². The maximum Gasteiger partial charge on any atom is 0.324 e. The molecule has 1 aliphatic rings. The lowest BCUT2D eigenvalue weighted by Gasteiger charge is -2.10. The fourth-order valence-corrected chi connectivity index (χ4v) is 2.93. The highest BCUT2D eigenvalue weighted by Gasteiger charge is 2.27. The number of thioether (sulfide) groups is 1. The van der Waals surface area contributed by atoms with Gasteiger partial charge in [-0.3, -0.25) is 9.69 Å². The molecule has 104 valence electrons. The van der Waals surface area contributed by atoms with Crippen LogP contribution in [-0.4, -0.2) is 45.6 Å². The molecule has 1 fully saturated rings. The van der Waals surface area contributed by atoms with Gasteiger partial charge in [-0.25, -0.2) is 9.78 Å². The maximum absolute atomic E-state index is 11.4. The molecule has 1 aromatic heterocycles. The highest BCUT2D eigenvalue weighted by Crippen LogP contribution is 2.22. The molecule has 3 amide bonds. The summed E-state index contributed by atoms with van der Waals surface area (Å²) >= 11 is 7.37. The van der Waals surface area contributed by atoms with E-state index in [2.05, 4.69) is 15.3 Å². The van der Waals surface area contributed by atoms with Gasteiger partial charge in [0.05, 0.1) is 17.6 Å². The minimum atomic E-state index is -0.327. The molecular weight excluding hydrogens is 300 g/mol. The highest BCUT2D eigenvalue weighted by molar-refractivity contribution is 7.99. The van der Waals surface area contributed by atoms with E-state index in [0.29, 0.717) is 17.3 Å². The first-order valence-electron chi connectivity index (χ1n) is 6.00. The average molecular weight is 311 g/mol. The summed E-state index contributed by atoms with van der Waals surface area (Å²) in [5.74, 6) is 0.402. The van der Waals surface area contributed by atoms with E-state index in [1.54, 1.807) is 6.07 Å². The number of H-pyrrole nitrogens is 1. The Kier molecular flexibility index (Phi) is 3.54. The predicted molar refractivity (Wildman–Crippen MR) is 76.9 cm³/mol. The van der Waals surface area contributed by atoms with Crippen LogP contribution in [0.1, 0.15) is 0 Å². The smallest absolute Gasteiger partial charge is 0.324 e. The topological polar surface area (TPSA) is 78.1 Å². The van der Waals surface area contributed by atoms with Crippen molar-refractivity contribution in [2.45, 2.75) is 5.16 Å². The molecule has 2 N–H and O–H groups in total. The zero-order valence-electron chi connectivity index (χ0n) is 10.4. The van der Waals surface area contributed by atoms with Crippen molar-refractivity contribution in [1.82, 2.24) is 20.2 Å². The van der Waals surface area contributed by atoms with Crippen LogP contribution >= 0.6 is 23.4 Å². The largest absolute Gasteiger partial charge is 0.333 e. The molecule has 0 spiro atoms. The highest BCUT2D eigenvalue weighted by atomic mass is 35.5. The zero-order chi connectivity index (χ0) is 14.1. The van der Waals surface area contributed by atoms with Gasteiger partial charge in [-0.2, -0.15) is 0 Å². The molecule has 8 heteroatoms. The third kappa shape index (κ3) is 2.59. The first kappa shape index (κ1) is 13.3. The molecule has 3 rings (SSSR count). The number of amides is 3. The quantitative estimate of drug-likeness (QED) is 0.667. The summed E-state index contributed by atoms with van der Waals surface area (Å²) in [4.78, 5) is 31.5. The predicted octanol–water partition coefficient (Wildman–Crippen LogP) is 1.86. The van der Waals surface area contributed by atoms with Gasteiger partial charge >= 0.3 is 6.03 Å². The lowest BCUT2D eigenvalue weighted by molar-refractivity contribution is -0.124. The third-order valence-corrected chi connectivity index (χ3v) is 4.00. The number of carbonyl (C=O) groups excluding carboxylic acids is 2. The Balaban J connectivity index is 1.62. The van der Waals surface area contributed by atoms with Crippen LogP contribution in [0, 0.1) is 0 Å². The summed E-state index contributed by atoms with van der Waals surface area (Å²) in [7, 11) is 0. The van der Waals surface area contributed by atoms with Crippen LogP contribution in [0.5, 0.6) is 0 Å². The van der Waals surface area contributed by atoms with E-state index in [-0.39, 0.29) is 18.5 Å². The molecule has 2 heterocycles. The van der Waals surface area contributed by atoms with E-state index in [1.165, 1.54) is 16.7 Å². The number of fused-ring (bicyclic) bond motifs is 1. The molecule has 1 saturated heterocycles. The third-order valence-electron chi connectivity index (χ3n) is 2.91. The van der Waals surface area contributed by atoms with Crippen LogP contribution < -0.4 is 5.32 Å². The van der Waals surface area contributed by atoms with Gasteiger partial charge in [-0.1, -0.05) is 23.4 Å². The molecule has 1 aromatic carbocycles. The van der Waals surface area contributed by atoms with Gasteiger partial charge < -0.3 is 10.3 Å². The number of hydrogen-bond donors (Lipinski definition) is 2. The van der Waals surface area contributed by atoms with E-state index in [1.807, 2.05) is 12.1 Å². The van der Waals surface area contributed by atoms with E-state index < -0.39 is 0 Å². The Morgan fingerprint density at radius 3 is 3.00 bits per heavy atom. The summed E-state index contributed by atoms with van der Waals surface area (Å²) < 4.78 is 0. The normalized spacial score (nSPS) is 15.2. The number of aromatic nitrogens is 2. The standard InChI is InChI=1S/C12H11ClN4O2S/c13-7-1-2-8-9(5-7)16-11(15-8)20-4-3-17-10(18)6-14-12(17)19/h1-2,5H,3-4,6H2,(H,14,19)(H,15,16). The Morgan fingerprint density at radius 1 is 1.40 bits per heavy atom. The SMILES string of the molecule is O=C1CNC(=O)N1CCSc1nc2ccc(Cl)cc2[nH]1. The van der Waals surface area contributed by atoms with Crippen molar-refractivity contribution < 1.29 is 9.59 Å². The van der Waals surface area contributed by atoms with Crippen LogP contribution in [-0.2, 0) is 4.79 Å². The number of nitrogens with zero attached hydrogens (tertiary/aromatic N) is 2. The second-order valence-corrected chi connectivity index (χ2v) is 5.78. The molecule has 6 nitrogen and oxygen atoms in total. The van der Waals surface area contributed by atoms with Crippen molar-refractivity contribution in [3.63, 3.8) is 0 Å². The molecule has 0 bridgehead atoms. The molecule has 20 heavy (non-hydrogen) atoms. The van der Waals surface area contributed by atoms with Crippen molar-refractivity contribution in [2.75, 3.05) is 18.8 Å². The number of halogens is 1. The summed E-state index contributed by atoms with van der Waals surface area (Å²) in [5, 5.41) is 3.88. The second kappa shape index (κ2) is 5.34. The van der Waals surface area contributed by atoms with Crippen molar-refractivity contribution in [2.24, 2.45) is 0 Å². The number of imidazole rings is 1. The first-order chi connectivity index (χ1) is 9.63. The van der Waals surface area contributed by atoms with E-state index in [4.69, 9.17) is 11.6 Å². The summed E-state index contributed by atoms with van der Waals surface area (Å²) in [5.41, 5.74) is 1.71. The maximum atomic E-state index is 11.4. The lowest BCUT2D eigenvalue weighted by Crippen LogP contribution is -2.32. The van der Waals surface area contributed by atoms with E-state index >= 15 is 0 Å². The fraction of sp³-hybridized carbons (Fsp3) is 0.250. The Morgan fingerprint density at radius 2 is 2.25 bits per heavy atom. The van der Waals surface area contributed by atoms with Crippen molar-refractivity contribution in [3.8, 4) is 0 Å². The first-order valence-corrected chi connectivity index (χ1v) is 7.36. The number of urea groups is 1. The molecule has 0 atom stereocenters. The van der Waals surface area contributed by atoms with Crippen LogP contribution in [0.25, 0.3) is 11.0 Å². The van der Waals surface area contributed by atoms with Gasteiger partial charge in [0.2, 0.25) is 5.91 Å². The fourth-order valence-electron chi connectivity index (χ4n) is 1.94. The minimum Gasteiger partial charge on any atom is -0.333 e. The Bertz CT molecular complexity index is 671. The molecule has 1 aliphatic heterocycles. The van der Waals surface area contributed by atoms with Crippen LogP contribution in [0.4, 0.5) is 4.79 Å². The number of hydrogen-bond acceptors (Lipinski definition) is 4. The van der Waals surface area contributed by atoms with Crippen LogP contribution in [0.15, 0.2) is 23.4 Å². The van der Waals surface area contributed by atoms with Crippen molar-refractivity contribution in [1.29, 1.82) is 0 Å². The molecule has 2 aromatic rings. The van der Waals surface area contributed by atoms with Crippen molar-refractivity contribution in [3.05, 3.63) is 23.2 Å². The number of benzene rings is 1. The lowest BCUT2D eigenvalue weighted by atomic mass is 10.3. The zero-order valence-corrected chi connectivity index (χ0v) is 11.9. The van der Waals surface area contributed by atoms with Gasteiger partial charge in [0.15, 0.2) is 5.16 Å². The summed E-state index contributed by atoms with van der Waals surface area (Å²) in [6.45, 7) is 0.458. The number of rotatable bonds is 4. The molecule has 0 radical (unpaired) electrons. The Labute approximate surface area is 123 Å². The van der Waals surface area contributed by atoms with Crippen LogP contribution in [0.3, 0.4) is 0 Å². The molecular formula is C12H11ClN4O2S. The number of carbonyl (C=O) groups is 2. The molecule has 0 unspecified atom stereocenters. The summed E-state index contributed by atoms with van der Waals surface area (Å²) in [6, 6.07) is 5.11. The van der Waals surface area contributed by atoms with Gasteiger partial charge in [0, 0.05) is 17.3 Å². The van der Waals surface area contributed by atoms with Crippen LogP contribution in [0.2, 0.25) is 5.02 Å².